The van der Waals surface area contributed by atoms with Gasteiger partial charge in [0.25, 0.3) is 0 Å². The number of nitrogens with one attached hydrogen (secondary N) is 3. The van der Waals surface area contributed by atoms with Crippen LogP contribution < -0.4 is 16.0 Å². The molecule has 0 aromatic heterocycles. The first kappa shape index (κ1) is 22.2. The predicted molar refractivity (Wildman–Crippen MR) is 123 cm³/mol. The molecule has 3 aliphatic rings. The van der Waals surface area contributed by atoms with Gasteiger partial charge in [0.1, 0.15) is 0 Å². The molecule has 4 rings (SSSR count). The number of nitrogens with zero attached hydrogens (tertiary/aromatic N) is 1. The topological polar surface area (TPSA) is 56.4 Å². The molecule has 30 heavy (non-hydrogen) atoms. The maximum atomic E-state index is 12.3. The third-order valence-corrected chi connectivity index (χ3v) is 8.30. The Hall–Kier alpha value is -1.01. The van der Waals surface area contributed by atoms with Gasteiger partial charge in [0, 0.05) is 43.3 Å². The zero-order valence-corrected chi connectivity index (χ0v) is 19.6. The molecule has 1 atom stereocenters. The second-order valence-corrected chi connectivity index (χ2v) is 10.5. The lowest BCUT2D eigenvalue weighted by atomic mass is 9.67. The average Bonchev–Trinajstić information content (AvgIpc) is 3.54. The molecule has 1 unspecified atom stereocenters. The Morgan fingerprint density at radius 1 is 1.17 bits per heavy atom. The number of benzene rings is 1. The van der Waals surface area contributed by atoms with Crippen molar-refractivity contribution in [3.8, 4) is 0 Å². The number of carbonyl (C=O) groups is 1. The summed E-state index contributed by atoms with van der Waals surface area (Å²) in [6, 6.07) is 6.39. The van der Waals surface area contributed by atoms with Gasteiger partial charge >= 0.3 is 6.03 Å². The van der Waals surface area contributed by atoms with E-state index in [1.165, 1.54) is 0 Å². The minimum absolute atomic E-state index is 0.0128. The first-order valence-electron chi connectivity index (χ1n) is 11.3. The largest absolute Gasteiger partial charge is 0.335 e. The average molecular weight is 453 g/mol. The van der Waals surface area contributed by atoms with Crippen molar-refractivity contribution in [3.05, 3.63) is 33.8 Å². The molecule has 0 radical (unpaired) electrons. The number of halogens is 2. The fourth-order valence-corrected chi connectivity index (χ4v) is 5.83. The summed E-state index contributed by atoms with van der Waals surface area (Å²) in [5.41, 5.74) is 0.797. The van der Waals surface area contributed by atoms with Crippen LogP contribution in [0.15, 0.2) is 18.2 Å². The van der Waals surface area contributed by atoms with Crippen molar-refractivity contribution in [3.63, 3.8) is 0 Å². The van der Waals surface area contributed by atoms with Crippen molar-refractivity contribution in [2.45, 2.75) is 69.5 Å². The SMILES string of the molecule is CC1(NC(=O)NC2CC2)CCC(C(C)(c2cccc(Cl)c2Cl)N2CCNCC2)CC1. The van der Waals surface area contributed by atoms with E-state index >= 15 is 0 Å². The van der Waals surface area contributed by atoms with E-state index in [4.69, 9.17) is 23.2 Å². The van der Waals surface area contributed by atoms with Crippen LogP contribution >= 0.6 is 23.2 Å². The third kappa shape index (κ3) is 4.59. The fraction of sp³-hybridized carbons (Fsp3) is 0.696. The first-order chi connectivity index (χ1) is 14.3. The van der Waals surface area contributed by atoms with Gasteiger partial charge in [0.15, 0.2) is 0 Å². The Bertz CT molecular complexity index is 770. The molecule has 2 aliphatic carbocycles. The summed E-state index contributed by atoms with van der Waals surface area (Å²) < 4.78 is 0. The summed E-state index contributed by atoms with van der Waals surface area (Å²) in [6.07, 6.45) is 6.24. The number of hydrogen-bond donors (Lipinski definition) is 3. The molecule has 1 aliphatic heterocycles. The molecule has 0 bridgehead atoms. The summed E-state index contributed by atoms with van der Waals surface area (Å²) in [4.78, 5) is 14.9. The van der Waals surface area contributed by atoms with Gasteiger partial charge in [-0.15, -0.1) is 0 Å². The molecular formula is C23H34Cl2N4O. The fourth-order valence-electron chi connectivity index (χ4n) is 5.34. The number of carbonyl (C=O) groups excluding carboxylic acids is 1. The summed E-state index contributed by atoms with van der Waals surface area (Å²) in [5.74, 6) is 0.452. The maximum Gasteiger partial charge on any atom is 0.315 e. The van der Waals surface area contributed by atoms with E-state index in [1.54, 1.807) is 0 Å². The van der Waals surface area contributed by atoms with Gasteiger partial charge in [-0.25, -0.2) is 4.79 Å². The molecule has 1 heterocycles. The Balaban J connectivity index is 1.53. The van der Waals surface area contributed by atoms with E-state index in [0.29, 0.717) is 22.0 Å². The van der Waals surface area contributed by atoms with E-state index in [2.05, 4.69) is 40.8 Å². The minimum Gasteiger partial charge on any atom is -0.335 e. The van der Waals surface area contributed by atoms with E-state index < -0.39 is 0 Å². The molecule has 0 spiro atoms. The van der Waals surface area contributed by atoms with Crippen molar-refractivity contribution >= 4 is 29.2 Å². The number of hydrogen-bond acceptors (Lipinski definition) is 3. The number of amides is 2. The highest BCUT2D eigenvalue weighted by Crippen LogP contribution is 2.48. The number of urea groups is 1. The van der Waals surface area contributed by atoms with Gasteiger partial charge in [-0.3, -0.25) is 4.90 Å². The minimum atomic E-state index is -0.179. The van der Waals surface area contributed by atoms with Crippen LogP contribution in [0, 0.1) is 5.92 Å². The van der Waals surface area contributed by atoms with Crippen molar-refractivity contribution in [1.29, 1.82) is 0 Å². The standard InChI is InChI=1S/C23H34Cl2N4O/c1-22(28-21(30)27-17-6-7-17)10-8-16(9-11-22)23(2,29-14-12-26-13-15-29)18-4-3-5-19(24)20(18)25/h3-5,16-17,26H,6-15H2,1-2H3,(H2,27,28,30). The molecule has 2 amide bonds. The summed E-state index contributed by atoms with van der Waals surface area (Å²) in [5, 5.41) is 11.1. The van der Waals surface area contributed by atoms with Crippen molar-refractivity contribution in [2.75, 3.05) is 26.2 Å². The number of rotatable bonds is 5. The summed E-state index contributed by atoms with van der Waals surface area (Å²) >= 11 is 13.2. The number of piperazine rings is 1. The monoisotopic (exact) mass is 452 g/mol. The molecule has 3 N–H and O–H groups in total. The lowest BCUT2D eigenvalue weighted by Gasteiger charge is -2.52. The zero-order valence-electron chi connectivity index (χ0n) is 18.1. The third-order valence-electron chi connectivity index (χ3n) is 7.48. The maximum absolute atomic E-state index is 12.3. The molecule has 1 aromatic rings. The van der Waals surface area contributed by atoms with E-state index in [-0.39, 0.29) is 17.1 Å². The van der Waals surface area contributed by atoms with Crippen LogP contribution in [-0.4, -0.2) is 48.7 Å². The van der Waals surface area contributed by atoms with Crippen LogP contribution in [0.2, 0.25) is 10.0 Å². The molecule has 166 valence electrons. The highest BCUT2D eigenvalue weighted by molar-refractivity contribution is 6.42. The van der Waals surface area contributed by atoms with Gasteiger partial charge in [0.05, 0.1) is 10.0 Å². The normalized spacial score (nSPS) is 29.8. The van der Waals surface area contributed by atoms with Crippen LogP contribution in [0.5, 0.6) is 0 Å². The molecule has 2 saturated carbocycles. The lowest BCUT2D eigenvalue weighted by Crippen LogP contribution is -2.59. The van der Waals surface area contributed by atoms with Crippen molar-refractivity contribution < 1.29 is 4.79 Å². The molecular weight excluding hydrogens is 419 g/mol. The van der Waals surface area contributed by atoms with Crippen molar-refractivity contribution in [2.24, 2.45) is 5.92 Å². The quantitative estimate of drug-likeness (QED) is 0.614. The van der Waals surface area contributed by atoms with Gasteiger partial charge < -0.3 is 16.0 Å². The molecule has 5 nitrogen and oxygen atoms in total. The second-order valence-electron chi connectivity index (χ2n) is 9.69. The van der Waals surface area contributed by atoms with Gasteiger partial charge in [0.2, 0.25) is 0 Å². The molecule has 1 saturated heterocycles. The Morgan fingerprint density at radius 2 is 1.83 bits per heavy atom. The van der Waals surface area contributed by atoms with Crippen LogP contribution in [-0.2, 0) is 5.54 Å². The summed E-state index contributed by atoms with van der Waals surface area (Å²) in [7, 11) is 0. The second kappa shape index (κ2) is 8.85. The molecule has 7 heteroatoms. The van der Waals surface area contributed by atoms with E-state index in [1.807, 2.05) is 12.1 Å². The van der Waals surface area contributed by atoms with Gasteiger partial charge in [-0.2, -0.15) is 0 Å². The Kier molecular flexibility index (Phi) is 6.55. The Labute approximate surface area is 190 Å². The van der Waals surface area contributed by atoms with Crippen LogP contribution in [0.4, 0.5) is 4.79 Å². The van der Waals surface area contributed by atoms with Crippen LogP contribution in [0.1, 0.15) is 57.9 Å². The highest BCUT2D eigenvalue weighted by Gasteiger charge is 2.46. The van der Waals surface area contributed by atoms with Crippen LogP contribution in [0.3, 0.4) is 0 Å². The zero-order chi connectivity index (χ0) is 21.4. The molecule has 1 aromatic carbocycles. The molecule has 3 fully saturated rings. The smallest absolute Gasteiger partial charge is 0.315 e. The van der Waals surface area contributed by atoms with E-state index in [0.717, 1.165) is 70.3 Å². The van der Waals surface area contributed by atoms with Gasteiger partial charge in [-0.05, 0) is 69.9 Å². The lowest BCUT2D eigenvalue weighted by molar-refractivity contribution is 0.00540. The Morgan fingerprint density at radius 3 is 2.47 bits per heavy atom. The van der Waals surface area contributed by atoms with Gasteiger partial charge in [-0.1, -0.05) is 35.3 Å². The first-order valence-corrected chi connectivity index (χ1v) is 12.1. The predicted octanol–water partition coefficient (Wildman–Crippen LogP) is 4.52. The van der Waals surface area contributed by atoms with E-state index in [9.17, 15) is 4.79 Å². The van der Waals surface area contributed by atoms with Crippen LogP contribution in [0.25, 0.3) is 0 Å². The van der Waals surface area contributed by atoms with Crippen molar-refractivity contribution in [1.82, 2.24) is 20.9 Å². The highest BCUT2D eigenvalue weighted by atomic mass is 35.5. The summed E-state index contributed by atoms with van der Waals surface area (Å²) in [6.45, 7) is 8.49.